The second kappa shape index (κ2) is 10.9. The van der Waals surface area contributed by atoms with Gasteiger partial charge in [0, 0.05) is 10.5 Å². The molecule has 1 atom stereocenters. The van der Waals surface area contributed by atoms with E-state index in [1.165, 1.54) is 11.8 Å². The zero-order valence-electron chi connectivity index (χ0n) is 20.8. The van der Waals surface area contributed by atoms with Crippen LogP contribution in [0.3, 0.4) is 0 Å². The normalized spacial score (nSPS) is 14.8. The number of carbonyl (C=O) groups excluding carboxylic acids is 2. The maximum absolute atomic E-state index is 13.8. The quantitative estimate of drug-likeness (QED) is 0.283. The SMILES string of the molecule is Cc1cccc(CN2C(=O)/C(=C/c3ccccc3)Sc3ccc(C(=O)N[C@H](C)c4ccccc4)cc32)c1. The third kappa shape index (κ3) is 5.68. The van der Waals surface area contributed by atoms with Crippen LogP contribution in [-0.2, 0) is 11.3 Å². The summed E-state index contributed by atoms with van der Waals surface area (Å²) in [5, 5.41) is 3.08. The van der Waals surface area contributed by atoms with Crippen molar-refractivity contribution in [2.75, 3.05) is 4.90 Å². The summed E-state index contributed by atoms with van der Waals surface area (Å²) in [5.41, 5.74) is 5.47. The van der Waals surface area contributed by atoms with Crippen LogP contribution in [0, 0.1) is 6.92 Å². The highest BCUT2D eigenvalue weighted by Gasteiger charge is 2.30. The predicted octanol–water partition coefficient (Wildman–Crippen LogP) is 7.17. The topological polar surface area (TPSA) is 49.4 Å². The Hall–Kier alpha value is -4.09. The number of nitrogens with one attached hydrogen (secondary N) is 1. The van der Waals surface area contributed by atoms with Crippen molar-refractivity contribution in [3.63, 3.8) is 0 Å². The molecule has 184 valence electrons. The van der Waals surface area contributed by atoms with Gasteiger partial charge < -0.3 is 10.2 Å². The number of anilines is 1. The minimum Gasteiger partial charge on any atom is -0.346 e. The van der Waals surface area contributed by atoms with Gasteiger partial charge in [-0.3, -0.25) is 9.59 Å². The van der Waals surface area contributed by atoms with Crippen molar-refractivity contribution in [2.45, 2.75) is 31.3 Å². The minimum absolute atomic E-state index is 0.0712. The molecule has 0 fully saturated rings. The molecule has 1 aliphatic rings. The number of hydrogen-bond donors (Lipinski definition) is 1. The molecule has 0 aromatic heterocycles. The average Bonchev–Trinajstić information content (AvgIpc) is 2.92. The second-order valence-electron chi connectivity index (χ2n) is 9.19. The standard InChI is InChI=1S/C32H28N2O2S/c1-22-10-9-13-25(18-22)21-34-28-20-27(31(35)33-23(2)26-14-7-4-8-15-26)16-17-29(28)37-30(32(34)36)19-24-11-5-3-6-12-24/h3-20,23H,21H2,1-2H3,(H,33,35)/b30-19-/t23-/m1/s1. The number of aryl methyl sites for hydroxylation is 1. The molecule has 0 saturated carbocycles. The number of rotatable bonds is 6. The molecule has 0 bridgehead atoms. The fourth-order valence-electron chi connectivity index (χ4n) is 4.41. The first-order chi connectivity index (χ1) is 18.0. The Morgan fingerprint density at radius 1 is 0.919 bits per heavy atom. The molecule has 37 heavy (non-hydrogen) atoms. The van der Waals surface area contributed by atoms with Gasteiger partial charge in [-0.2, -0.15) is 0 Å². The van der Waals surface area contributed by atoms with Crippen LogP contribution in [0.5, 0.6) is 0 Å². The number of thioether (sulfide) groups is 1. The van der Waals surface area contributed by atoms with Gasteiger partial charge in [-0.15, -0.1) is 0 Å². The molecule has 1 heterocycles. The van der Waals surface area contributed by atoms with Crippen LogP contribution in [-0.4, -0.2) is 11.8 Å². The molecule has 5 rings (SSSR count). The Kier molecular flexibility index (Phi) is 7.24. The van der Waals surface area contributed by atoms with Gasteiger partial charge in [0.15, 0.2) is 0 Å². The summed E-state index contributed by atoms with van der Waals surface area (Å²) in [7, 11) is 0. The molecular weight excluding hydrogens is 476 g/mol. The highest BCUT2D eigenvalue weighted by molar-refractivity contribution is 8.04. The Balaban J connectivity index is 1.49. The highest BCUT2D eigenvalue weighted by Crippen LogP contribution is 2.43. The average molecular weight is 505 g/mol. The van der Waals surface area contributed by atoms with Gasteiger partial charge in [-0.25, -0.2) is 0 Å². The molecule has 0 unspecified atom stereocenters. The minimum atomic E-state index is -0.169. The summed E-state index contributed by atoms with van der Waals surface area (Å²) in [6, 6.07) is 33.4. The lowest BCUT2D eigenvalue weighted by Gasteiger charge is -2.31. The van der Waals surface area contributed by atoms with Crippen molar-refractivity contribution in [1.82, 2.24) is 5.32 Å². The van der Waals surface area contributed by atoms with Crippen LogP contribution in [0.2, 0.25) is 0 Å². The number of benzene rings is 4. The Morgan fingerprint density at radius 2 is 1.65 bits per heavy atom. The smallest absolute Gasteiger partial charge is 0.265 e. The van der Waals surface area contributed by atoms with E-state index < -0.39 is 0 Å². The third-order valence-electron chi connectivity index (χ3n) is 6.36. The van der Waals surface area contributed by atoms with Crippen LogP contribution in [0.4, 0.5) is 5.69 Å². The van der Waals surface area contributed by atoms with Crippen molar-refractivity contribution in [1.29, 1.82) is 0 Å². The lowest BCUT2D eigenvalue weighted by Crippen LogP contribution is -2.34. The van der Waals surface area contributed by atoms with E-state index in [4.69, 9.17) is 0 Å². The van der Waals surface area contributed by atoms with E-state index in [1.54, 1.807) is 4.90 Å². The fraction of sp³-hybridized carbons (Fsp3) is 0.125. The van der Waals surface area contributed by atoms with Gasteiger partial charge >= 0.3 is 0 Å². The summed E-state index contributed by atoms with van der Waals surface area (Å²) in [6.45, 7) is 4.43. The Morgan fingerprint density at radius 3 is 2.38 bits per heavy atom. The van der Waals surface area contributed by atoms with Gasteiger partial charge in [0.1, 0.15) is 0 Å². The van der Waals surface area contributed by atoms with Gasteiger partial charge in [-0.1, -0.05) is 102 Å². The summed E-state index contributed by atoms with van der Waals surface area (Å²) >= 11 is 1.45. The molecule has 0 saturated heterocycles. The molecule has 0 radical (unpaired) electrons. The lowest BCUT2D eigenvalue weighted by atomic mass is 10.1. The van der Waals surface area contributed by atoms with Crippen LogP contribution in [0.15, 0.2) is 113 Å². The van der Waals surface area contributed by atoms with E-state index in [0.717, 1.165) is 32.8 Å². The molecule has 4 aromatic carbocycles. The first kappa shape index (κ1) is 24.6. The molecular formula is C32H28N2O2S. The van der Waals surface area contributed by atoms with Crippen molar-refractivity contribution in [3.8, 4) is 0 Å². The van der Waals surface area contributed by atoms with Gasteiger partial charge in [0.25, 0.3) is 11.8 Å². The summed E-state index contributed by atoms with van der Waals surface area (Å²) in [4.78, 5) is 30.3. The van der Waals surface area contributed by atoms with E-state index in [0.29, 0.717) is 17.0 Å². The molecule has 5 heteroatoms. The van der Waals surface area contributed by atoms with E-state index in [-0.39, 0.29) is 17.9 Å². The van der Waals surface area contributed by atoms with Gasteiger partial charge in [0.2, 0.25) is 0 Å². The third-order valence-corrected chi connectivity index (χ3v) is 7.43. The molecule has 1 N–H and O–H groups in total. The first-order valence-corrected chi connectivity index (χ1v) is 13.1. The molecule has 4 nitrogen and oxygen atoms in total. The maximum atomic E-state index is 13.8. The largest absolute Gasteiger partial charge is 0.346 e. The fourth-order valence-corrected chi connectivity index (χ4v) is 5.45. The van der Waals surface area contributed by atoms with Crippen molar-refractivity contribution in [2.24, 2.45) is 0 Å². The monoisotopic (exact) mass is 504 g/mol. The number of fused-ring (bicyclic) bond motifs is 1. The number of amides is 2. The van der Waals surface area contributed by atoms with Gasteiger partial charge in [-0.05, 0) is 54.8 Å². The van der Waals surface area contributed by atoms with Crippen molar-refractivity contribution < 1.29 is 9.59 Å². The summed E-state index contributed by atoms with van der Waals surface area (Å²) < 4.78 is 0. The zero-order valence-corrected chi connectivity index (χ0v) is 21.7. The van der Waals surface area contributed by atoms with Crippen molar-refractivity contribution in [3.05, 3.63) is 136 Å². The van der Waals surface area contributed by atoms with Crippen LogP contribution < -0.4 is 10.2 Å². The van der Waals surface area contributed by atoms with Crippen molar-refractivity contribution >= 4 is 35.3 Å². The molecule has 4 aromatic rings. The van der Waals surface area contributed by atoms with Crippen LogP contribution in [0.25, 0.3) is 6.08 Å². The van der Waals surface area contributed by atoms with Crippen LogP contribution in [0.1, 0.15) is 45.6 Å². The molecule has 2 amide bonds. The molecule has 0 aliphatic carbocycles. The predicted molar refractivity (Wildman–Crippen MR) is 151 cm³/mol. The Labute approximate surface area is 222 Å². The molecule has 0 spiro atoms. The van der Waals surface area contributed by atoms with E-state index >= 15 is 0 Å². The van der Waals surface area contributed by atoms with Crippen LogP contribution >= 0.6 is 11.8 Å². The zero-order chi connectivity index (χ0) is 25.8. The lowest BCUT2D eigenvalue weighted by molar-refractivity contribution is -0.114. The second-order valence-corrected chi connectivity index (χ2v) is 10.3. The summed E-state index contributed by atoms with van der Waals surface area (Å²) in [6.07, 6.45) is 1.93. The number of hydrogen-bond acceptors (Lipinski definition) is 3. The van der Waals surface area contributed by atoms with Gasteiger partial charge in [0.05, 0.1) is 23.2 Å². The van der Waals surface area contributed by atoms with E-state index in [9.17, 15) is 9.59 Å². The maximum Gasteiger partial charge on any atom is 0.265 e. The summed E-state index contributed by atoms with van der Waals surface area (Å²) in [5.74, 6) is -0.240. The number of carbonyl (C=O) groups is 2. The highest BCUT2D eigenvalue weighted by atomic mass is 32.2. The van der Waals surface area contributed by atoms with E-state index in [1.807, 2.05) is 117 Å². The van der Waals surface area contributed by atoms with E-state index in [2.05, 4.69) is 11.4 Å². The Bertz CT molecular complexity index is 1460. The first-order valence-electron chi connectivity index (χ1n) is 12.3. The molecule has 1 aliphatic heterocycles. The number of nitrogens with zero attached hydrogens (tertiary/aromatic N) is 1.